The Morgan fingerprint density at radius 3 is 1.76 bits per heavy atom. The highest BCUT2D eigenvalue weighted by Crippen LogP contribution is 2.43. The number of halogens is 7. The smallest absolute Gasteiger partial charge is 0.437 e. The fourth-order valence-corrected chi connectivity index (χ4v) is 1.38. The van der Waals surface area contributed by atoms with Crippen molar-refractivity contribution >= 4 is 34.5 Å². The van der Waals surface area contributed by atoms with Crippen LogP contribution in [0.15, 0.2) is 0 Å². The van der Waals surface area contributed by atoms with E-state index in [1.165, 1.54) is 0 Å². The van der Waals surface area contributed by atoms with Gasteiger partial charge in [0, 0.05) is 4.43 Å². The maximum atomic E-state index is 12.2. The van der Waals surface area contributed by atoms with Crippen LogP contribution in [0.2, 0.25) is 0 Å². The maximum Gasteiger partial charge on any atom is 0.437 e. The summed E-state index contributed by atoms with van der Waals surface area (Å²) in [7, 11) is 0. The average Bonchev–Trinajstić information content (AvgIpc) is 2.30. The molecule has 0 bridgehead atoms. The van der Waals surface area contributed by atoms with Gasteiger partial charge in [-0.25, -0.2) is 4.79 Å². The summed E-state index contributed by atoms with van der Waals surface area (Å²) in [6, 6.07) is 0. The molecule has 0 saturated heterocycles. The molecule has 0 aromatic carbocycles. The molecule has 0 aromatic rings. The quantitative estimate of drug-likeness (QED) is 0.225. The van der Waals surface area contributed by atoms with Gasteiger partial charge in [0.2, 0.25) is 0 Å². The summed E-state index contributed by atoms with van der Waals surface area (Å²) in [5.41, 5.74) is -5.63. The zero-order valence-corrected chi connectivity index (χ0v) is 12.2. The van der Waals surface area contributed by atoms with Crippen LogP contribution >= 0.6 is 22.6 Å². The lowest BCUT2D eigenvalue weighted by atomic mass is 10.0. The second-order valence-corrected chi connectivity index (χ2v) is 4.58. The highest BCUT2D eigenvalue weighted by atomic mass is 127. The van der Waals surface area contributed by atoms with Crippen LogP contribution in [0.25, 0.3) is 0 Å². The molecule has 0 radical (unpaired) electrons. The first kappa shape index (κ1) is 20.2. The fourth-order valence-electron chi connectivity index (χ4n) is 0.936. The zero-order valence-electron chi connectivity index (χ0n) is 10.1. The Balaban J connectivity index is 4.64. The van der Waals surface area contributed by atoms with Crippen molar-refractivity contribution in [2.75, 3.05) is 17.6 Å². The Morgan fingerprint density at radius 2 is 1.38 bits per heavy atom. The third-order valence-corrected chi connectivity index (χ3v) is 2.53. The van der Waals surface area contributed by atoms with Gasteiger partial charge in [-0.15, -0.1) is 0 Å². The molecule has 12 heteroatoms. The summed E-state index contributed by atoms with van der Waals surface area (Å²) >= 11 is 1.83. The van der Waals surface area contributed by atoms with Gasteiger partial charge in [-0.1, -0.05) is 22.6 Å². The Kier molecular flexibility index (Phi) is 7.19. The lowest BCUT2D eigenvalue weighted by Crippen LogP contribution is -2.63. The fraction of sp³-hybridized carbons (Fsp3) is 0.778. The van der Waals surface area contributed by atoms with Crippen molar-refractivity contribution in [3.05, 3.63) is 0 Å². The molecule has 0 atom stereocenters. The summed E-state index contributed by atoms with van der Waals surface area (Å²) < 4.78 is 81.8. The van der Waals surface area contributed by atoms with Crippen LogP contribution in [0.1, 0.15) is 6.42 Å². The van der Waals surface area contributed by atoms with Crippen LogP contribution in [0.4, 0.5) is 26.3 Å². The number of rotatable bonds is 6. The molecule has 0 fully saturated rings. The second kappa shape index (κ2) is 7.47. The van der Waals surface area contributed by atoms with Gasteiger partial charge in [0.05, 0.1) is 6.42 Å². The zero-order chi connectivity index (χ0) is 16.9. The summed E-state index contributed by atoms with van der Waals surface area (Å²) in [5.74, 6) is -3.70. The Bertz CT molecular complexity index is 366. The maximum absolute atomic E-state index is 12.2. The van der Waals surface area contributed by atoms with E-state index in [1.807, 2.05) is 22.6 Å². The van der Waals surface area contributed by atoms with Crippen molar-refractivity contribution < 1.29 is 50.5 Å². The molecule has 0 aromatic heterocycles. The van der Waals surface area contributed by atoms with E-state index in [2.05, 4.69) is 9.47 Å². The molecule has 0 aliphatic heterocycles. The van der Waals surface area contributed by atoms with Crippen LogP contribution in [-0.2, 0) is 19.1 Å². The minimum atomic E-state index is -6.31. The van der Waals surface area contributed by atoms with E-state index < -0.39 is 43.1 Å². The first-order chi connectivity index (χ1) is 9.38. The van der Waals surface area contributed by atoms with Crippen LogP contribution in [0.3, 0.4) is 0 Å². The minimum Gasteiger partial charge on any atom is -0.462 e. The topological polar surface area (TPSA) is 72.8 Å². The van der Waals surface area contributed by atoms with Crippen molar-refractivity contribution in [2.24, 2.45) is 0 Å². The molecular formula is C9H9F6IO5. The molecule has 0 spiro atoms. The summed E-state index contributed by atoms with van der Waals surface area (Å²) in [6.07, 6.45) is -12.6. The van der Waals surface area contributed by atoms with Crippen LogP contribution in [0, 0.1) is 0 Å². The number of aliphatic hydroxyl groups is 1. The predicted molar refractivity (Wildman–Crippen MR) is 62.5 cm³/mol. The molecule has 0 unspecified atom stereocenters. The molecule has 0 amide bonds. The largest absolute Gasteiger partial charge is 0.462 e. The van der Waals surface area contributed by atoms with E-state index in [0.717, 1.165) is 0 Å². The Hall–Kier alpha value is -0.790. The highest BCUT2D eigenvalue weighted by Gasteiger charge is 2.76. The third kappa shape index (κ3) is 5.16. The molecule has 0 rings (SSSR count). The van der Waals surface area contributed by atoms with Gasteiger partial charge in [-0.05, 0) is 0 Å². The van der Waals surface area contributed by atoms with Gasteiger partial charge in [0.15, 0.2) is 0 Å². The lowest BCUT2D eigenvalue weighted by Gasteiger charge is -2.29. The van der Waals surface area contributed by atoms with E-state index in [9.17, 15) is 35.9 Å². The van der Waals surface area contributed by atoms with Gasteiger partial charge in [-0.2, -0.15) is 26.3 Å². The van der Waals surface area contributed by atoms with Gasteiger partial charge >= 0.3 is 29.9 Å². The first-order valence-corrected chi connectivity index (χ1v) is 6.65. The molecule has 0 aliphatic carbocycles. The average molecular weight is 438 g/mol. The standard InChI is InChI=1S/C9H9F6IO5/c10-8(11,12)7(19,9(13,14)15)6(18)21-4-3-20-5(17)1-2-16/h19H,1-4H2. The van der Waals surface area contributed by atoms with Gasteiger partial charge < -0.3 is 14.6 Å². The normalized spacial score (nSPS) is 13.0. The molecule has 21 heavy (non-hydrogen) atoms. The summed E-state index contributed by atoms with van der Waals surface area (Å²) in [4.78, 5) is 21.7. The van der Waals surface area contributed by atoms with Crippen molar-refractivity contribution in [2.45, 2.75) is 24.4 Å². The van der Waals surface area contributed by atoms with Crippen molar-refractivity contribution in [1.29, 1.82) is 0 Å². The van der Waals surface area contributed by atoms with Gasteiger partial charge in [0.25, 0.3) is 0 Å². The second-order valence-electron chi connectivity index (χ2n) is 3.50. The molecule has 5 nitrogen and oxygen atoms in total. The molecule has 0 aliphatic rings. The van der Waals surface area contributed by atoms with Gasteiger partial charge in [-0.3, -0.25) is 4.79 Å². The van der Waals surface area contributed by atoms with Crippen LogP contribution in [0.5, 0.6) is 0 Å². The van der Waals surface area contributed by atoms with Crippen LogP contribution in [-0.4, -0.2) is 52.6 Å². The molecule has 0 saturated carbocycles. The Labute approximate surface area is 127 Å². The first-order valence-electron chi connectivity index (χ1n) is 5.12. The SMILES string of the molecule is O=C(CCI)OCCOC(=O)C(O)(C(F)(F)F)C(F)(F)F. The van der Waals surface area contributed by atoms with E-state index in [0.29, 0.717) is 4.43 Å². The molecule has 0 heterocycles. The minimum absolute atomic E-state index is 0.0243. The van der Waals surface area contributed by atoms with Crippen molar-refractivity contribution in [3.8, 4) is 0 Å². The van der Waals surface area contributed by atoms with E-state index in [-0.39, 0.29) is 6.42 Å². The lowest BCUT2D eigenvalue weighted by molar-refractivity contribution is -0.357. The molecular weight excluding hydrogens is 429 g/mol. The number of esters is 2. The number of carbonyl (C=O) groups excluding carboxylic acids is 2. The van der Waals surface area contributed by atoms with E-state index in [4.69, 9.17) is 5.11 Å². The third-order valence-electron chi connectivity index (χ3n) is 1.99. The summed E-state index contributed by atoms with van der Waals surface area (Å²) in [5, 5.41) is 8.61. The van der Waals surface area contributed by atoms with Gasteiger partial charge in [0.1, 0.15) is 13.2 Å². The number of alkyl halides is 7. The monoisotopic (exact) mass is 438 g/mol. The molecule has 124 valence electrons. The number of hydrogen-bond donors (Lipinski definition) is 1. The summed E-state index contributed by atoms with van der Waals surface area (Å²) in [6.45, 7) is -1.78. The van der Waals surface area contributed by atoms with Crippen molar-refractivity contribution in [1.82, 2.24) is 0 Å². The Morgan fingerprint density at radius 1 is 0.952 bits per heavy atom. The molecule has 1 N–H and O–H groups in total. The van der Waals surface area contributed by atoms with E-state index in [1.54, 1.807) is 0 Å². The predicted octanol–water partition coefficient (Wildman–Crippen LogP) is 1.75. The number of ether oxygens (including phenoxy) is 2. The highest BCUT2D eigenvalue weighted by molar-refractivity contribution is 14.1. The van der Waals surface area contributed by atoms with E-state index >= 15 is 0 Å². The van der Waals surface area contributed by atoms with Crippen molar-refractivity contribution in [3.63, 3.8) is 0 Å². The number of carbonyl (C=O) groups is 2. The van der Waals surface area contributed by atoms with Crippen LogP contribution < -0.4 is 0 Å². The number of hydrogen-bond acceptors (Lipinski definition) is 5.